The van der Waals surface area contributed by atoms with E-state index in [0.29, 0.717) is 37.4 Å². The molecule has 1 rings (SSSR count). The highest BCUT2D eigenvalue weighted by molar-refractivity contribution is 5.79. The number of hydrogen-bond donors (Lipinski definition) is 3. The van der Waals surface area contributed by atoms with Crippen LogP contribution >= 0.6 is 0 Å². The van der Waals surface area contributed by atoms with E-state index in [1.165, 1.54) is 0 Å². The van der Waals surface area contributed by atoms with Crippen LogP contribution in [0, 0.1) is 6.92 Å². The molecule has 8 nitrogen and oxygen atoms in total. The summed E-state index contributed by atoms with van der Waals surface area (Å²) in [5.74, 6) is 6.76. The molecule has 0 unspecified atom stereocenters. The van der Waals surface area contributed by atoms with Gasteiger partial charge in [0.2, 0.25) is 11.9 Å². The molecule has 4 N–H and O–H groups in total. The van der Waals surface area contributed by atoms with Crippen LogP contribution in [0.15, 0.2) is 9.52 Å². The number of ether oxygens (including phenoxy) is 1. The summed E-state index contributed by atoms with van der Waals surface area (Å²) in [4.78, 5) is 8.13. The molecule has 0 radical (unpaired) electrons. The van der Waals surface area contributed by atoms with Crippen LogP contribution in [0.5, 0.6) is 0 Å². The van der Waals surface area contributed by atoms with Crippen LogP contribution in [0.3, 0.4) is 0 Å². The summed E-state index contributed by atoms with van der Waals surface area (Å²) in [5.41, 5.74) is 2.44. The second-order valence-corrected chi connectivity index (χ2v) is 2.96. The van der Waals surface area contributed by atoms with Crippen molar-refractivity contribution in [2.75, 3.05) is 20.3 Å². The number of nitrogens with one attached hydrogen (secondary N) is 2. The lowest BCUT2D eigenvalue weighted by Crippen LogP contribution is -2.42. The van der Waals surface area contributed by atoms with Crippen molar-refractivity contribution < 1.29 is 9.26 Å². The molecule has 0 bridgehead atoms. The quantitative estimate of drug-likeness (QED) is 0.193. The molecular formula is C8H16N6O2. The van der Waals surface area contributed by atoms with Gasteiger partial charge in [0, 0.05) is 20.6 Å². The second kappa shape index (κ2) is 6.75. The van der Waals surface area contributed by atoms with Crippen LogP contribution in [0.1, 0.15) is 11.7 Å². The van der Waals surface area contributed by atoms with Gasteiger partial charge < -0.3 is 14.6 Å². The maximum Gasteiger partial charge on any atom is 0.223 e. The molecule has 0 aromatic carbocycles. The van der Waals surface area contributed by atoms with E-state index in [1.807, 2.05) is 0 Å². The van der Waals surface area contributed by atoms with Crippen LogP contribution in [0.4, 0.5) is 0 Å². The number of methoxy groups -OCH3 is 1. The van der Waals surface area contributed by atoms with Crippen LogP contribution < -0.4 is 16.6 Å². The number of aromatic nitrogens is 2. The standard InChI is InChI=1S/C8H16N6O2/c1-6-12-7(14-16-6)5-11-8(13-9)10-3-4-15-2/h3-5,9H2,1-2H3,(H2,10,11,13). The minimum absolute atomic E-state index is 0.302. The Labute approximate surface area is 93.2 Å². The molecule has 0 aliphatic rings. The van der Waals surface area contributed by atoms with Gasteiger partial charge >= 0.3 is 0 Å². The van der Waals surface area contributed by atoms with Gasteiger partial charge in [0.05, 0.1) is 6.61 Å². The Kier molecular flexibility index (Phi) is 5.23. The number of aliphatic imine (C=N–C) groups is 1. The van der Waals surface area contributed by atoms with Crippen LogP contribution in [-0.4, -0.2) is 36.4 Å². The molecule has 0 spiro atoms. The molecule has 1 heterocycles. The van der Waals surface area contributed by atoms with E-state index < -0.39 is 0 Å². The topological polar surface area (TPSA) is 111 Å². The zero-order chi connectivity index (χ0) is 11.8. The minimum Gasteiger partial charge on any atom is -0.383 e. The first-order valence-electron chi connectivity index (χ1n) is 4.79. The van der Waals surface area contributed by atoms with E-state index in [4.69, 9.17) is 15.1 Å². The van der Waals surface area contributed by atoms with Gasteiger partial charge in [-0.1, -0.05) is 5.16 Å². The highest BCUT2D eigenvalue weighted by atomic mass is 16.5. The summed E-state index contributed by atoms with van der Waals surface area (Å²) >= 11 is 0. The lowest BCUT2D eigenvalue weighted by atomic mass is 10.6. The zero-order valence-electron chi connectivity index (χ0n) is 9.36. The number of nitrogens with two attached hydrogens (primary N) is 1. The summed E-state index contributed by atoms with van der Waals surface area (Å²) < 4.78 is 9.68. The first-order chi connectivity index (χ1) is 7.76. The second-order valence-electron chi connectivity index (χ2n) is 2.96. The number of hydrazine groups is 1. The molecule has 0 saturated heterocycles. The number of rotatable bonds is 5. The summed E-state index contributed by atoms with van der Waals surface area (Å²) in [6, 6.07) is 0. The Hall–Kier alpha value is -1.67. The molecule has 0 fully saturated rings. The Balaban J connectivity index is 2.40. The Morgan fingerprint density at radius 3 is 3.00 bits per heavy atom. The van der Waals surface area contributed by atoms with Gasteiger partial charge in [-0.3, -0.25) is 5.43 Å². The van der Waals surface area contributed by atoms with Crippen molar-refractivity contribution in [3.05, 3.63) is 11.7 Å². The number of hydrogen-bond acceptors (Lipinski definition) is 6. The fourth-order valence-corrected chi connectivity index (χ4v) is 0.979. The van der Waals surface area contributed by atoms with Gasteiger partial charge in [-0.15, -0.1) is 0 Å². The molecule has 0 amide bonds. The van der Waals surface area contributed by atoms with Gasteiger partial charge in [-0.25, -0.2) is 10.8 Å². The minimum atomic E-state index is 0.302. The Morgan fingerprint density at radius 2 is 2.44 bits per heavy atom. The summed E-state index contributed by atoms with van der Waals surface area (Å²) in [6.45, 7) is 3.21. The largest absolute Gasteiger partial charge is 0.383 e. The summed E-state index contributed by atoms with van der Waals surface area (Å²) in [6.07, 6.45) is 0. The van der Waals surface area contributed by atoms with Crippen molar-refractivity contribution in [2.45, 2.75) is 13.5 Å². The van der Waals surface area contributed by atoms with E-state index in [9.17, 15) is 0 Å². The Bertz CT molecular complexity index is 337. The van der Waals surface area contributed by atoms with Gasteiger partial charge in [-0.2, -0.15) is 4.98 Å². The third-order valence-corrected chi connectivity index (χ3v) is 1.68. The summed E-state index contributed by atoms with van der Waals surface area (Å²) in [7, 11) is 1.62. The number of nitrogens with zero attached hydrogens (tertiary/aromatic N) is 3. The first-order valence-corrected chi connectivity index (χ1v) is 4.79. The third kappa shape index (κ3) is 4.24. The highest BCUT2D eigenvalue weighted by Gasteiger charge is 2.01. The van der Waals surface area contributed by atoms with Crippen molar-refractivity contribution in [3.63, 3.8) is 0 Å². The van der Waals surface area contributed by atoms with Crippen LogP contribution in [0.2, 0.25) is 0 Å². The maximum absolute atomic E-state index is 5.28. The normalized spacial score (nSPS) is 11.6. The molecule has 0 atom stereocenters. The van der Waals surface area contributed by atoms with Crippen molar-refractivity contribution in [2.24, 2.45) is 10.8 Å². The van der Waals surface area contributed by atoms with E-state index in [-0.39, 0.29) is 0 Å². The molecular weight excluding hydrogens is 212 g/mol. The van der Waals surface area contributed by atoms with Crippen molar-refractivity contribution in [1.82, 2.24) is 20.9 Å². The van der Waals surface area contributed by atoms with Gasteiger partial charge in [0.15, 0.2) is 5.82 Å². The summed E-state index contributed by atoms with van der Waals surface area (Å²) in [5, 5.41) is 6.65. The van der Waals surface area contributed by atoms with Gasteiger partial charge in [0.25, 0.3) is 0 Å². The average Bonchev–Trinajstić information content (AvgIpc) is 2.69. The number of guanidine groups is 1. The average molecular weight is 228 g/mol. The van der Waals surface area contributed by atoms with E-state index in [1.54, 1.807) is 14.0 Å². The molecule has 1 aromatic heterocycles. The van der Waals surface area contributed by atoms with Crippen LogP contribution in [0.25, 0.3) is 0 Å². The Morgan fingerprint density at radius 1 is 1.62 bits per heavy atom. The first kappa shape index (κ1) is 12.4. The monoisotopic (exact) mass is 228 g/mol. The zero-order valence-corrected chi connectivity index (χ0v) is 9.36. The fourth-order valence-electron chi connectivity index (χ4n) is 0.979. The molecule has 8 heteroatoms. The molecule has 90 valence electrons. The molecule has 0 aliphatic carbocycles. The van der Waals surface area contributed by atoms with E-state index in [0.717, 1.165) is 0 Å². The third-order valence-electron chi connectivity index (χ3n) is 1.68. The van der Waals surface area contributed by atoms with Gasteiger partial charge in [0.1, 0.15) is 6.54 Å². The van der Waals surface area contributed by atoms with E-state index in [2.05, 4.69) is 25.9 Å². The predicted molar refractivity (Wildman–Crippen MR) is 57.4 cm³/mol. The lowest BCUT2D eigenvalue weighted by Gasteiger charge is -2.07. The lowest BCUT2D eigenvalue weighted by molar-refractivity contribution is 0.203. The molecule has 1 aromatic rings. The molecule has 16 heavy (non-hydrogen) atoms. The fraction of sp³-hybridized carbons (Fsp3) is 0.625. The van der Waals surface area contributed by atoms with Crippen molar-refractivity contribution in [1.29, 1.82) is 0 Å². The van der Waals surface area contributed by atoms with Gasteiger partial charge in [-0.05, 0) is 0 Å². The molecule has 0 saturated carbocycles. The van der Waals surface area contributed by atoms with Crippen molar-refractivity contribution in [3.8, 4) is 0 Å². The maximum atomic E-state index is 5.28. The van der Waals surface area contributed by atoms with Crippen LogP contribution in [-0.2, 0) is 11.3 Å². The van der Waals surface area contributed by atoms with Crippen molar-refractivity contribution >= 4 is 5.96 Å². The number of aryl methyl sites for hydroxylation is 1. The smallest absolute Gasteiger partial charge is 0.223 e. The van der Waals surface area contributed by atoms with E-state index >= 15 is 0 Å². The SMILES string of the molecule is COCCNC(=NCc1noc(C)n1)NN. The molecule has 0 aliphatic heterocycles. The predicted octanol–water partition coefficient (Wildman–Crippen LogP) is -1.07. The highest BCUT2D eigenvalue weighted by Crippen LogP contribution is 1.95.